The normalized spacial score (nSPS) is 11.9. The smallest absolute Gasteiger partial charge is 0.243 e. The van der Waals surface area contributed by atoms with E-state index in [1.165, 1.54) is 11.8 Å². The number of nitrogens with one attached hydrogen (secondary N) is 1. The van der Waals surface area contributed by atoms with Gasteiger partial charge in [0.15, 0.2) is 5.82 Å². The molecule has 0 aliphatic heterocycles. The van der Waals surface area contributed by atoms with Crippen molar-refractivity contribution in [1.82, 2.24) is 25.4 Å². The first-order valence-corrected chi connectivity index (χ1v) is 9.38. The maximum Gasteiger partial charge on any atom is 0.243 e. The predicted octanol–water partition coefficient (Wildman–Crippen LogP) is 3.43. The van der Waals surface area contributed by atoms with E-state index in [-0.39, 0.29) is 5.91 Å². The SMILES string of the molecule is Cc1cc(NC(=O)[C@@H](Sc2nnnn2-c2ccccc2)c2ccccc2)no1. The molecule has 1 atom stereocenters. The fraction of sp³-hybridized carbons (Fsp3) is 0.105. The van der Waals surface area contributed by atoms with Crippen molar-refractivity contribution in [1.29, 1.82) is 0 Å². The Morgan fingerprint density at radius 1 is 1.11 bits per heavy atom. The minimum absolute atomic E-state index is 0.243. The Morgan fingerprint density at radius 3 is 2.50 bits per heavy atom. The molecule has 1 N–H and O–H groups in total. The quantitative estimate of drug-likeness (QED) is 0.502. The second-order valence-electron chi connectivity index (χ2n) is 5.93. The van der Waals surface area contributed by atoms with Gasteiger partial charge in [0.1, 0.15) is 11.0 Å². The summed E-state index contributed by atoms with van der Waals surface area (Å²) in [4.78, 5) is 13.0. The number of rotatable bonds is 6. The zero-order chi connectivity index (χ0) is 19.3. The van der Waals surface area contributed by atoms with E-state index in [4.69, 9.17) is 4.52 Å². The molecule has 4 aromatic rings. The summed E-state index contributed by atoms with van der Waals surface area (Å²) in [5, 5.41) is 18.5. The molecular weight excluding hydrogens is 376 g/mol. The highest BCUT2D eigenvalue weighted by Crippen LogP contribution is 2.35. The zero-order valence-corrected chi connectivity index (χ0v) is 15.7. The van der Waals surface area contributed by atoms with Crippen LogP contribution in [0.25, 0.3) is 5.69 Å². The molecule has 140 valence electrons. The zero-order valence-electron chi connectivity index (χ0n) is 14.9. The lowest BCUT2D eigenvalue weighted by Crippen LogP contribution is -2.19. The Hall–Kier alpha value is -3.46. The summed E-state index contributed by atoms with van der Waals surface area (Å²) in [6.07, 6.45) is 0. The van der Waals surface area contributed by atoms with Crippen molar-refractivity contribution < 1.29 is 9.32 Å². The topological polar surface area (TPSA) is 98.7 Å². The number of thioether (sulfide) groups is 1. The van der Waals surface area contributed by atoms with E-state index in [0.717, 1.165) is 11.3 Å². The second kappa shape index (κ2) is 8.05. The highest BCUT2D eigenvalue weighted by atomic mass is 32.2. The van der Waals surface area contributed by atoms with Gasteiger partial charge in [0, 0.05) is 6.07 Å². The minimum Gasteiger partial charge on any atom is -0.360 e. The van der Waals surface area contributed by atoms with Crippen LogP contribution in [0.5, 0.6) is 0 Å². The number of anilines is 1. The first-order chi connectivity index (χ1) is 13.7. The summed E-state index contributed by atoms with van der Waals surface area (Å²) in [5.41, 5.74) is 1.64. The molecule has 4 rings (SSSR count). The molecule has 8 nitrogen and oxygen atoms in total. The number of nitrogens with zero attached hydrogens (tertiary/aromatic N) is 5. The molecule has 0 radical (unpaired) electrons. The largest absolute Gasteiger partial charge is 0.360 e. The molecule has 2 aromatic carbocycles. The minimum atomic E-state index is -0.577. The van der Waals surface area contributed by atoms with Gasteiger partial charge in [0.05, 0.1) is 5.69 Å². The van der Waals surface area contributed by atoms with Gasteiger partial charge in [-0.2, -0.15) is 4.68 Å². The van der Waals surface area contributed by atoms with Crippen LogP contribution in [-0.2, 0) is 4.79 Å². The molecule has 0 fully saturated rings. The lowest BCUT2D eigenvalue weighted by molar-refractivity contribution is -0.115. The van der Waals surface area contributed by atoms with E-state index in [1.807, 2.05) is 60.7 Å². The Kier molecular flexibility index (Phi) is 5.16. The van der Waals surface area contributed by atoms with Gasteiger partial charge in [-0.3, -0.25) is 4.79 Å². The fourth-order valence-electron chi connectivity index (χ4n) is 2.61. The van der Waals surface area contributed by atoms with Crippen molar-refractivity contribution in [3.63, 3.8) is 0 Å². The van der Waals surface area contributed by atoms with E-state index in [1.54, 1.807) is 17.7 Å². The van der Waals surface area contributed by atoms with Crippen molar-refractivity contribution in [2.45, 2.75) is 17.3 Å². The van der Waals surface area contributed by atoms with Crippen LogP contribution < -0.4 is 5.32 Å². The van der Waals surface area contributed by atoms with Crippen molar-refractivity contribution in [3.8, 4) is 5.69 Å². The Balaban J connectivity index is 1.64. The third-order valence-corrected chi connectivity index (χ3v) is 5.07. The number of tetrazole rings is 1. The molecule has 0 spiro atoms. The molecular formula is C19H16N6O2S. The molecule has 9 heteroatoms. The summed E-state index contributed by atoms with van der Waals surface area (Å²) in [7, 11) is 0. The molecule has 0 saturated carbocycles. The van der Waals surface area contributed by atoms with Crippen molar-refractivity contribution in [2.24, 2.45) is 0 Å². The van der Waals surface area contributed by atoms with Crippen LogP contribution in [0.4, 0.5) is 5.82 Å². The number of benzene rings is 2. The van der Waals surface area contributed by atoms with Gasteiger partial charge >= 0.3 is 0 Å². The van der Waals surface area contributed by atoms with Gasteiger partial charge in [-0.15, -0.1) is 5.10 Å². The van der Waals surface area contributed by atoms with E-state index in [0.29, 0.717) is 16.7 Å². The number of carbonyl (C=O) groups is 1. The summed E-state index contributed by atoms with van der Waals surface area (Å²) in [6.45, 7) is 1.76. The van der Waals surface area contributed by atoms with Crippen LogP contribution in [-0.4, -0.2) is 31.3 Å². The lowest BCUT2D eigenvalue weighted by atomic mass is 10.1. The molecule has 1 amide bonds. The average Bonchev–Trinajstić information content (AvgIpc) is 3.36. The van der Waals surface area contributed by atoms with Gasteiger partial charge in [-0.05, 0) is 35.0 Å². The number of para-hydroxylation sites is 1. The molecule has 28 heavy (non-hydrogen) atoms. The summed E-state index contributed by atoms with van der Waals surface area (Å²) >= 11 is 1.26. The van der Waals surface area contributed by atoms with E-state index >= 15 is 0 Å². The Morgan fingerprint density at radius 2 is 1.82 bits per heavy atom. The number of hydrogen-bond donors (Lipinski definition) is 1. The van der Waals surface area contributed by atoms with Gasteiger partial charge in [-0.25, -0.2) is 0 Å². The van der Waals surface area contributed by atoms with Crippen LogP contribution >= 0.6 is 11.8 Å². The fourth-order valence-corrected chi connectivity index (χ4v) is 3.60. The molecule has 0 unspecified atom stereocenters. The average molecular weight is 392 g/mol. The molecule has 0 aliphatic rings. The van der Waals surface area contributed by atoms with Gasteiger partial charge < -0.3 is 9.84 Å². The lowest BCUT2D eigenvalue weighted by Gasteiger charge is -2.15. The summed E-state index contributed by atoms with van der Waals surface area (Å²) in [6, 6.07) is 20.6. The van der Waals surface area contributed by atoms with Crippen LogP contribution in [0.1, 0.15) is 16.6 Å². The first-order valence-electron chi connectivity index (χ1n) is 8.50. The summed E-state index contributed by atoms with van der Waals surface area (Å²) < 4.78 is 6.63. The Bertz CT molecular complexity index is 1060. The maximum atomic E-state index is 13.0. The highest BCUT2D eigenvalue weighted by molar-refractivity contribution is 8.00. The molecule has 0 bridgehead atoms. The number of amides is 1. The molecule has 2 heterocycles. The third-order valence-electron chi connectivity index (χ3n) is 3.88. The van der Waals surface area contributed by atoms with Crippen LogP contribution in [0.2, 0.25) is 0 Å². The molecule has 0 saturated heterocycles. The number of aromatic nitrogens is 5. The number of hydrogen-bond acceptors (Lipinski definition) is 7. The molecule has 0 aliphatic carbocycles. The maximum absolute atomic E-state index is 13.0. The van der Waals surface area contributed by atoms with Crippen molar-refractivity contribution >= 4 is 23.5 Å². The monoisotopic (exact) mass is 392 g/mol. The highest BCUT2D eigenvalue weighted by Gasteiger charge is 2.26. The van der Waals surface area contributed by atoms with Crippen molar-refractivity contribution in [3.05, 3.63) is 78.1 Å². The first kappa shape index (κ1) is 17.9. The van der Waals surface area contributed by atoms with Gasteiger partial charge in [0.25, 0.3) is 0 Å². The van der Waals surface area contributed by atoms with Crippen LogP contribution in [0.15, 0.2) is 76.4 Å². The van der Waals surface area contributed by atoms with Crippen LogP contribution in [0.3, 0.4) is 0 Å². The van der Waals surface area contributed by atoms with Gasteiger partial charge in [-0.1, -0.05) is 65.4 Å². The summed E-state index contributed by atoms with van der Waals surface area (Å²) in [5.74, 6) is 0.742. The van der Waals surface area contributed by atoms with E-state index in [2.05, 4.69) is 26.0 Å². The van der Waals surface area contributed by atoms with Gasteiger partial charge in [0.2, 0.25) is 11.1 Å². The number of carbonyl (C=O) groups excluding carboxylic acids is 1. The standard InChI is InChI=1S/C19H16N6O2S/c1-13-12-16(22-27-13)20-18(26)17(14-8-4-2-5-9-14)28-19-21-23-24-25(19)15-10-6-3-7-11-15/h2-12,17H,1H3,(H,20,22,26)/t17-/m0/s1. The second-order valence-corrected chi connectivity index (χ2v) is 7.00. The van der Waals surface area contributed by atoms with Crippen molar-refractivity contribution in [2.75, 3.05) is 5.32 Å². The molecule has 2 aromatic heterocycles. The van der Waals surface area contributed by atoms with E-state index < -0.39 is 5.25 Å². The predicted molar refractivity (Wildman–Crippen MR) is 104 cm³/mol. The number of aryl methyl sites for hydroxylation is 1. The third kappa shape index (κ3) is 3.94. The Labute approximate surface area is 164 Å². The van der Waals surface area contributed by atoms with Crippen LogP contribution in [0, 0.1) is 6.92 Å². The van der Waals surface area contributed by atoms with E-state index in [9.17, 15) is 4.79 Å².